The van der Waals surface area contributed by atoms with E-state index in [4.69, 9.17) is 11.6 Å². The van der Waals surface area contributed by atoms with Crippen LogP contribution in [0.25, 0.3) is 0 Å². The van der Waals surface area contributed by atoms with Crippen molar-refractivity contribution in [3.05, 3.63) is 68.5 Å². The molecule has 0 heterocycles. The van der Waals surface area contributed by atoms with Gasteiger partial charge in [0.2, 0.25) is 0 Å². The fourth-order valence-corrected chi connectivity index (χ4v) is 1.99. The first-order valence-electron chi connectivity index (χ1n) is 5.90. The molecule has 2 aromatic carbocycles. The van der Waals surface area contributed by atoms with Crippen LogP contribution in [0.4, 0.5) is 15.8 Å². The predicted octanol–water partition coefficient (Wildman–Crippen LogP) is 4.31. The number of hydrogen-bond donors (Lipinski definition) is 1. The smallest absolute Gasteiger partial charge is 0.275 e. The molecule has 6 heteroatoms. The second-order valence-electron chi connectivity index (χ2n) is 4.37. The largest absolute Gasteiger partial charge is 0.378 e. The lowest BCUT2D eigenvalue weighted by atomic mass is 10.1. The molecule has 1 N–H and O–H groups in total. The number of benzene rings is 2. The summed E-state index contributed by atoms with van der Waals surface area (Å²) < 4.78 is 13.6. The summed E-state index contributed by atoms with van der Waals surface area (Å²) in [6.45, 7) is 1.99. The van der Waals surface area contributed by atoms with Crippen LogP contribution in [-0.2, 0) is 6.54 Å². The Kier molecular flexibility index (Phi) is 4.20. The maximum atomic E-state index is 13.6. The van der Waals surface area contributed by atoms with Crippen molar-refractivity contribution in [3.8, 4) is 0 Å². The molecule has 0 bridgehead atoms. The van der Waals surface area contributed by atoms with Crippen LogP contribution in [0, 0.1) is 22.9 Å². The highest BCUT2D eigenvalue weighted by molar-refractivity contribution is 6.30. The van der Waals surface area contributed by atoms with Gasteiger partial charge in [0.15, 0.2) is 0 Å². The molecule has 0 aliphatic carbocycles. The number of nitrogens with zero attached hydrogens (tertiary/aromatic N) is 1. The van der Waals surface area contributed by atoms with Crippen LogP contribution in [0.15, 0.2) is 36.4 Å². The van der Waals surface area contributed by atoms with Crippen molar-refractivity contribution in [1.29, 1.82) is 0 Å². The van der Waals surface area contributed by atoms with Crippen molar-refractivity contribution in [1.82, 2.24) is 0 Å². The summed E-state index contributed by atoms with van der Waals surface area (Å²) in [5.41, 5.74) is 1.58. The molecule has 20 heavy (non-hydrogen) atoms. The Balaban J connectivity index is 2.23. The van der Waals surface area contributed by atoms with Gasteiger partial charge in [0.05, 0.1) is 10.6 Å². The van der Waals surface area contributed by atoms with Crippen molar-refractivity contribution in [3.63, 3.8) is 0 Å². The number of hydrogen-bond acceptors (Lipinski definition) is 3. The zero-order valence-corrected chi connectivity index (χ0v) is 11.4. The van der Waals surface area contributed by atoms with Crippen molar-refractivity contribution in [2.75, 3.05) is 5.32 Å². The lowest BCUT2D eigenvalue weighted by molar-refractivity contribution is -0.385. The fraction of sp³-hybridized carbons (Fsp3) is 0.143. The molecule has 0 radical (unpaired) electrons. The van der Waals surface area contributed by atoms with Gasteiger partial charge in [-0.25, -0.2) is 4.39 Å². The minimum Gasteiger partial charge on any atom is -0.378 e. The van der Waals surface area contributed by atoms with E-state index in [0.29, 0.717) is 16.3 Å². The normalized spacial score (nSPS) is 10.3. The molecule has 2 aromatic rings. The molecule has 2 rings (SSSR count). The van der Waals surface area contributed by atoms with E-state index in [2.05, 4.69) is 5.32 Å². The maximum absolute atomic E-state index is 13.6. The number of nitro groups is 1. The van der Waals surface area contributed by atoms with Gasteiger partial charge in [0, 0.05) is 23.2 Å². The Morgan fingerprint density at radius 1 is 1.30 bits per heavy atom. The van der Waals surface area contributed by atoms with Crippen molar-refractivity contribution in [2.24, 2.45) is 0 Å². The number of aryl methyl sites for hydroxylation is 1. The molecule has 0 spiro atoms. The molecule has 0 aliphatic heterocycles. The Bertz CT molecular complexity index is 662. The molecular weight excluding hydrogens is 283 g/mol. The predicted molar refractivity (Wildman–Crippen MR) is 76.6 cm³/mol. The molecular formula is C14H12ClFN2O2. The Morgan fingerprint density at radius 2 is 2.05 bits per heavy atom. The number of rotatable bonds is 4. The van der Waals surface area contributed by atoms with E-state index in [0.717, 1.165) is 5.56 Å². The molecule has 0 saturated carbocycles. The highest BCUT2D eigenvalue weighted by Gasteiger charge is 2.14. The van der Waals surface area contributed by atoms with Gasteiger partial charge in [-0.15, -0.1) is 0 Å². The van der Waals surface area contributed by atoms with Crippen LogP contribution in [0.5, 0.6) is 0 Å². The second-order valence-corrected chi connectivity index (χ2v) is 4.80. The molecule has 0 fully saturated rings. The summed E-state index contributed by atoms with van der Waals surface area (Å²) in [7, 11) is 0. The monoisotopic (exact) mass is 294 g/mol. The van der Waals surface area contributed by atoms with E-state index in [1.54, 1.807) is 24.3 Å². The van der Waals surface area contributed by atoms with Crippen molar-refractivity contribution in [2.45, 2.75) is 13.5 Å². The summed E-state index contributed by atoms with van der Waals surface area (Å²) in [4.78, 5) is 10.4. The van der Waals surface area contributed by atoms with Crippen LogP contribution < -0.4 is 5.32 Å². The molecule has 0 atom stereocenters. The fourth-order valence-electron chi connectivity index (χ4n) is 1.82. The standard InChI is InChI=1S/C14H12ClFN2O2/c1-9-2-5-12(16)13(6-9)17-8-10-3-4-11(15)7-14(10)18(19)20/h2-7,17H,8H2,1H3. The van der Waals surface area contributed by atoms with Crippen molar-refractivity contribution < 1.29 is 9.31 Å². The molecule has 4 nitrogen and oxygen atoms in total. The van der Waals surface area contributed by atoms with E-state index >= 15 is 0 Å². The average Bonchev–Trinajstić information content (AvgIpc) is 2.40. The first-order valence-corrected chi connectivity index (χ1v) is 6.28. The average molecular weight is 295 g/mol. The molecule has 0 unspecified atom stereocenters. The van der Waals surface area contributed by atoms with Gasteiger partial charge in [0.1, 0.15) is 5.82 Å². The third-order valence-electron chi connectivity index (χ3n) is 2.84. The minimum absolute atomic E-state index is 0.0851. The van der Waals surface area contributed by atoms with Crippen LogP contribution in [0.2, 0.25) is 5.02 Å². The number of nitrogens with one attached hydrogen (secondary N) is 1. The summed E-state index contributed by atoms with van der Waals surface area (Å²) in [5.74, 6) is -0.396. The highest BCUT2D eigenvalue weighted by Crippen LogP contribution is 2.25. The summed E-state index contributed by atoms with van der Waals surface area (Å²) in [6, 6.07) is 9.07. The van der Waals surface area contributed by atoms with Gasteiger partial charge in [-0.3, -0.25) is 10.1 Å². The Hall–Kier alpha value is -2.14. The van der Waals surface area contributed by atoms with E-state index < -0.39 is 10.7 Å². The van der Waals surface area contributed by atoms with Crippen LogP contribution >= 0.6 is 11.6 Å². The van der Waals surface area contributed by atoms with E-state index in [1.165, 1.54) is 12.1 Å². The van der Waals surface area contributed by atoms with E-state index in [9.17, 15) is 14.5 Å². The SMILES string of the molecule is Cc1ccc(F)c(NCc2ccc(Cl)cc2[N+](=O)[O-])c1. The lowest BCUT2D eigenvalue weighted by Crippen LogP contribution is -2.04. The first-order chi connectivity index (χ1) is 9.47. The molecule has 104 valence electrons. The Morgan fingerprint density at radius 3 is 2.75 bits per heavy atom. The van der Waals surface area contributed by atoms with Gasteiger partial charge < -0.3 is 5.32 Å². The Labute approximate surface area is 120 Å². The third kappa shape index (κ3) is 3.24. The lowest BCUT2D eigenvalue weighted by Gasteiger charge is -2.09. The zero-order valence-electron chi connectivity index (χ0n) is 10.7. The first kappa shape index (κ1) is 14.3. The van der Waals surface area contributed by atoms with Gasteiger partial charge in [-0.1, -0.05) is 17.7 Å². The summed E-state index contributed by atoms with van der Waals surface area (Å²) >= 11 is 5.74. The topological polar surface area (TPSA) is 55.2 Å². The quantitative estimate of drug-likeness (QED) is 0.675. The molecule has 0 amide bonds. The maximum Gasteiger partial charge on any atom is 0.275 e. The van der Waals surface area contributed by atoms with Gasteiger partial charge in [-0.2, -0.15) is 0 Å². The molecule has 0 aliphatic rings. The number of nitro benzene ring substituents is 1. The minimum atomic E-state index is -0.504. The van der Waals surface area contributed by atoms with Gasteiger partial charge in [0.25, 0.3) is 5.69 Å². The van der Waals surface area contributed by atoms with E-state index in [1.807, 2.05) is 6.92 Å². The molecule has 0 saturated heterocycles. The van der Waals surface area contributed by atoms with Crippen LogP contribution in [0.3, 0.4) is 0 Å². The zero-order chi connectivity index (χ0) is 14.7. The summed E-state index contributed by atoms with van der Waals surface area (Å²) in [5, 5.41) is 14.1. The van der Waals surface area contributed by atoms with Gasteiger partial charge >= 0.3 is 0 Å². The third-order valence-corrected chi connectivity index (χ3v) is 3.07. The second kappa shape index (κ2) is 5.88. The summed E-state index contributed by atoms with van der Waals surface area (Å²) in [6.07, 6.45) is 0. The van der Waals surface area contributed by atoms with E-state index in [-0.39, 0.29) is 12.2 Å². The molecule has 0 aromatic heterocycles. The number of halogens is 2. The number of anilines is 1. The van der Waals surface area contributed by atoms with Crippen LogP contribution in [0.1, 0.15) is 11.1 Å². The highest BCUT2D eigenvalue weighted by atomic mass is 35.5. The van der Waals surface area contributed by atoms with Crippen LogP contribution in [-0.4, -0.2) is 4.92 Å². The van der Waals surface area contributed by atoms with Crippen molar-refractivity contribution >= 4 is 23.0 Å². The van der Waals surface area contributed by atoms with Gasteiger partial charge in [-0.05, 0) is 36.8 Å².